The highest BCUT2D eigenvalue weighted by molar-refractivity contribution is 8.04. The second-order valence-corrected chi connectivity index (χ2v) is 7.90. The molecule has 1 aliphatic rings. The van der Waals surface area contributed by atoms with Crippen molar-refractivity contribution in [3.8, 4) is 11.5 Å². The fourth-order valence-electron chi connectivity index (χ4n) is 3.30. The molecule has 1 N–H and O–H groups in total. The van der Waals surface area contributed by atoms with Crippen molar-refractivity contribution >= 4 is 35.0 Å². The number of benzene rings is 3. The molecule has 7 heteroatoms. The molecule has 4 rings (SSSR count). The van der Waals surface area contributed by atoms with Gasteiger partial charge in [-0.1, -0.05) is 42.1 Å². The summed E-state index contributed by atoms with van der Waals surface area (Å²) in [4.78, 5) is 29.2. The largest absolute Gasteiger partial charge is 0.495 e. The third-order valence-electron chi connectivity index (χ3n) is 4.78. The lowest BCUT2D eigenvalue weighted by molar-refractivity contribution is -0.120. The molecule has 3 aromatic rings. The number of anilines is 2. The fourth-order valence-corrected chi connectivity index (χ4v) is 4.24. The zero-order valence-corrected chi connectivity index (χ0v) is 18.5. The molecule has 0 aliphatic carbocycles. The highest BCUT2D eigenvalue weighted by Crippen LogP contribution is 2.39. The van der Waals surface area contributed by atoms with Crippen molar-refractivity contribution in [3.05, 3.63) is 89.5 Å². The molecule has 2 amide bonds. The van der Waals surface area contributed by atoms with Gasteiger partial charge < -0.3 is 14.8 Å². The van der Waals surface area contributed by atoms with Gasteiger partial charge in [0.2, 0.25) is 0 Å². The van der Waals surface area contributed by atoms with Gasteiger partial charge in [0.1, 0.15) is 22.1 Å². The Kier molecular flexibility index (Phi) is 6.47. The molecular formula is C25H22N2O4S. The number of hydrogen-bond acceptors (Lipinski definition) is 6. The number of nitrogens with zero attached hydrogens (tertiary/aromatic N) is 1. The van der Waals surface area contributed by atoms with Gasteiger partial charge in [0.25, 0.3) is 11.8 Å². The Morgan fingerprint density at radius 3 is 2.25 bits per heavy atom. The van der Waals surface area contributed by atoms with Crippen LogP contribution in [0.1, 0.15) is 6.92 Å². The van der Waals surface area contributed by atoms with Crippen LogP contribution in [0.25, 0.3) is 0 Å². The first-order chi connectivity index (χ1) is 15.6. The van der Waals surface area contributed by atoms with Crippen LogP contribution in [0.3, 0.4) is 0 Å². The first-order valence-corrected chi connectivity index (χ1v) is 10.9. The summed E-state index contributed by atoms with van der Waals surface area (Å²) >= 11 is 1.25. The van der Waals surface area contributed by atoms with E-state index in [1.54, 1.807) is 43.5 Å². The van der Waals surface area contributed by atoms with Crippen molar-refractivity contribution in [3.63, 3.8) is 0 Å². The van der Waals surface area contributed by atoms with Gasteiger partial charge in [-0.25, -0.2) is 4.90 Å². The maximum atomic E-state index is 13.4. The van der Waals surface area contributed by atoms with Gasteiger partial charge in [-0.3, -0.25) is 9.59 Å². The second-order valence-electron chi connectivity index (χ2n) is 6.82. The van der Waals surface area contributed by atoms with Crippen LogP contribution in [-0.4, -0.2) is 25.5 Å². The molecule has 6 nitrogen and oxygen atoms in total. The highest BCUT2D eigenvalue weighted by Gasteiger charge is 2.40. The van der Waals surface area contributed by atoms with Gasteiger partial charge in [0.15, 0.2) is 0 Å². The van der Waals surface area contributed by atoms with Gasteiger partial charge in [0.05, 0.1) is 25.1 Å². The maximum absolute atomic E-state index is 13.4. The summed E-state index contributed by atoms with van der Waals surface area (Å²) in [6, 6.07) is 23.6. The topological polar surface area (TPSA) is 67.9 Å². The number of nitrogens with one attached hydrogen (secondary N) is 1. The molecular weight excluding hydrogens is 424 g/mol. The number of ether oxygens (including phenoxy) is 2. The summed E-state index contributed by atoms with van der Waals surface area (Å²) in [6.07, 6.45) is 0. The Morgan fingerprint density at radius 2 is 1.56 bits per heavy atom. The van der Waals surface area contributed by atoms with Crippen LogP contribution in [0.15, 0.2) is 94.4 Å². The molecule has 0 bridgehead atoms. The van der Waals surface area contributed by atoms with Crippen LogP contribution < -0.4 is 19.7 Å². The number of carbonyl (C=O) groups is 2. The Hall–Kier alpha value is -3.71. The molecule has 0 aromatic heterocycles. The van der Waals surface area contributed by atoms with E-state index in [2.05, 4.69) is 5.32 Å². The van der Waals surface area contributed by atoms with E-state index in [4.69, 9.17) is 9.47 Å². The average molecular weight is 447 g/mol. The molecule has 0 radical (unpaired) electrons. The van der Waals surface area contributed by atoms with Crippen LogP contribution in [-0.2, 0) is 9.59 Å². The SMILES string of the molecule is CCOc1ccc(N2C(=O)C(Nc3ccccc3OC)=C(Sc3ccccc3)C2=O)cc1. The third kappa shape index (κ3) is 4.33. The lowest BCUT2D eigenvalue weighted by Gasteiger charge is -2.16. The molecule has 162 valence electrons. The zero-order valence-electron chi connectivity index (χ0n) is 17.7. The summed E-state index contributed by atoms with van der Waals surface area (Å²) in [5.74, 6) is 0.437. The summed E-state index contributed by atoms with van der Waals surface area (Å²) in [5.41, 5.74) is 1.29. The number of methoxy groups -OCH3 is 1. The Balaban J connectivity index is 1.72. The number of rotatable bonds is 8. The lowest BCUT2D eigenvalue weighted by Crippen LogP contribution is -2.32. The minimum absolute atomic E-state index is 0.210. The van der Waals surface area contributed by atoms with E-state index >= 15 is 0 Å². The van der Waals surface area contributed by atoms with Crippen molar-refractivity contribution in [2.45, 2.75) is 11.8 Å². The second kappa shape index (κ2) is 9.62. The summed E-state index contributed by atoms with van der Waals surface area (Å²) in [5, 5.41) is 3.14. The Morgan fingerprint density at radius 1 is 0.875 bits per heavy atom. The molecule has 0 unspecified atom stereocenters. The number of thioether (sulfide) groups is 1. The minimum atomic E-state index is -0.427. The number of hydrogen-bond donors (Lipinski definition) is 1. The summed E-state index contributed by atoms with van der Waals surface area (Å²) in [7, 11) is 1.56. The fraction of sp³-hybridized carbons (Fsp3) is 0.120. The van der Waals surface area contributed by atoms with E-state index in [1.165, 1.54) is 16.7 Å². The molecule has 0 spiro atoms. The van der Waals surface area contributed by atoms with Crippen molar-refractivity contribution in [1.82, 2.24) is 0 Å². The Labute approximate surface area is 190 Å². The standard InChI is InChI=1S/C25H22N2O4S/c1-3-31-18-15-13-17(14-16-18)27-24(28)22(26-20-11-7-8-12-21(20)30-2)23(25(27)29)32-19-9-5-4-6-10-19/h4-16,26H,3H2,1-2H3. The Bertz CT molecular complexity index is 1160. The van der Waals surface area contributed by atoms with Crippen LogP contribution in [0.5, 0.6) is 11.5 Å². The van der Waals surface area contributed by atoms with Crippen LogP contribution in [0.2, 0.25) is 0 Å². The predicted molar refractivity (Wildman–Crippen MR) is 126 cm³/mol. The number of para-hydroxylation sites is 2. The van der Waals surface area contributed by atoms with Gasteiger partial charge in [0, 0.05) is 4.90 Å². The highest BCUT2D eigenvalue weighted by atomic mass is 32.2. The third-order valence-corrected chi connectivity index (χ3v) is 5.87. The van der Waals surface area contributed by atoms with E-state index in [0.29, 0.717) is 34.4 Å². The van der Waals surface area contributed by atoms with E-state index in [0.717, 1.165) is 4.90 Å². The molecule has 0 atom stereocenters. The van der Waals surface area contributed by atoms with Crippen molar-refractivity contribution in [2.24, 2.45) is 0 Å². The van der Waals surface area contributed by atoms with Crippen LogP contribution in [0, 0.1) is 0 Å². The monoisotopic (exact) mass is 446 g/mol. The van der Waals surface area contributed by atoms with Crippen molar-refractivity contribution in [1.29, 1.82) is 0 Å². The quantitative estimate of drug-likeness (QED) is 0.487. The van der Waals surface area contributed by atoms with Gasteiger partial charge in [-0.05, 0) is 55.5 Å². The summed E-state index contributed by atoms with van der Waals surface area (Å²) < 4.78 is 10.9. The number of carbonyl (C=O) groups excluding carboxylic acids is 2. The predicted octanol–water partition coefficient (Wildman–Crippen LogP) is 5.08. The molecule has 1 aliphatic heterocycles. The van der Waals surface area contributed by atoms with Gasteiger partial charge in [-0.15, -0.1) is 0 Å². The molecule has 0 fully saturated rings. The van der Waals surface area contributed by atoms with E-state index < -0.39 is 5.91 Å². The first kappa shape index (κ1) is 21.5. The number of amides is 2. The average Bonchev–Trinajstić information content (AvgIpc) is 3.05. The van der Waals surface area contributed by atoms with E-state index in [-0.39, 0.29) is 11.6 Å². The normalized spacial score (nSPS) is 13.5. The van der Waals surface area contributed by atoms with Crippen LogP contribution >= 0.6 is 11.8 Å². The molecule has 3 aromatic carbocycles. The first-order valence-electron chi connectivity index (χ1n) is 10.1. The van der Waals surface area contributed by atoms with Crippen molar-refractivity contribution < 1.29 is 19.1 Å². The number of imide groups is 1. The van der Waals surface area contributed by atoms with E-state index in [9.17, 15) is 9.59 Å². The van der Waals surface area contributed by atoms with E-state index in [1.807, 2.05) is 49.4 Å². The maximum Gasteiger partial charge on any atom is 0.283 e. The zero-order chi connectivity index (χ0) is 22.5. The molecule has 0 saturated heterocycles. The van der Waals surface area contributed by atoms with Crippen LogP contribution in [0.4, 0.5) is 11.4 Å². The van der Waals surface area contributed by atoms with Gasteiger partial charge in [-0.2, -0.15) is 0 Å². The minimum Gasteiger partial charge on any atom is -0.495 e. The lowest BCUT2D eigenvalue weighted by atomic mass is 10.2. The van der Waals surface area contributed by atoms with Gasteiger partial charge >= 0.3 is 0 Å². The molecule has 32 heavy (non-hydrogen) atoms. The molecule has 1 heterocycles. The summed E-state index contributed by atoms with van der Waals surface area (Å²) in [6.45, 7) is 2.43. The molecule has 0 saturated carbocycles. The van der Waals surface area contributed by atoms with Crippen molar-refractivity contribution in [2.75, 3.05) is 23.9 Å². The smallest absolute Gasteiger partial charge is 0.283 e.